The fourth-order valence-corrected chi connectivity index (χ4v) is 2.97. The molecule has 1 aliphatic heterocycles. The summed E-state index contributed by atoms with van der Waals surface area (Å²) >= 11 is 0. The van der Waals surface area contributed by atoms with Crippen LogP contribution in [0.25, 0.3) is 0 Å². The molecule has 25 heavy (non-hydrogen) atoms. The van der Waals surface area contributed by atoms with Crippen molar-refractivity contribution in [2.75, 3.05) is 45.1 Å². The second-order valence-electron chi connectivity index (χ2n) is 6.36. The minimum absolute atomic E-state index is 0.0766. The fourth-order valence-electron chi connectivity index (χ4n) is 2.97. The molecule has 1 heterocycles. The molecule has 1 aromatic carbocycles. The van der Waals surface area contributed by atoms with E-state index in [1.165, 1.54) is 37.9 Å². The van der Waals surface area contributed by atoms with Crippen molar-refractivity contribution in [2.45, 2.75) is 32.6 Å². The molecule has 1 amide bonds. The van der Waals surface area contributed by atoms with Gasteiger partial charge in [0.1, 0.15) is 0 Å². The number of nitrogens with zero attached hydrogens (tertiary/aromatic N) is 2. The Bertz CT molecular complexity index is 567. The summed E-state index contributed by atoms with van der Waals surface area (Å²) in [5, 5.41) is 9.25. The predicted molar refractivity (Wildman–Crippen MR) is 104 cm³/mol. The van der Waals surface area contributed by atoms with Gasteiger partial charge in [-0.15, -0.1) is 0 Å². The smallest absolute Gasteiger partial charge is 0.243 e. The van der Waals surface area contributed by atoms with Gasteiger partial charge < -0.3 is 20.9 Å². The van der Waals surface area contributed by atoms with Gasteiger partial charge in [-0.1, -0.05) is 25.5 Å². The molecular formula is C19H31N5O. The molecule has 1 fully saturated rings. The summed E-state index contributed by atoms with van der Waals surface area (Å²) < 4.78 is 0. The number of carbonyl (C=O) groups excluding carboxylic acids is 1. The molecule has 0 aliphatic carbocycles. The molecule has 1 aliphatic rings. The lowest BCUT2D eigenvalue weighted by Gasteiger charge is -2.26. The highest BCUT2D eigenvalue weighted by Gasteiger charge is 2.10. The van der Waals surface area contributed by atoms with Crippen LogP contribution in [0, 0.1) is 0 Å². The van der Waals surface area contributed by atoms with Crippen molar-refractivity contribution in [3.63, 3.8) is 0 Å². The molecular weight excluding hydrogens is 314 g/mol. The lowest BCUT2D eigenvalue weighted by atomic mass is 10.1. The van der Waals surface area contributed by atoms with E-state index < -0.39 is 0 Å². The Morgan fingerprint density at radius 1 is 1.20 bits per heavy atom. The molecule has 0 unspecified atom stereocenters. The van der Waals surface area contributed by atoms with E-state index in [9.17, 15) is 4.79 Å². The molecule has 2 rings (SSSR count). The number of hydrogen-bond acceptors (Lipinski definition) is 3. The Morgan fingerprint density at radius 2 is 2.00 bits per heavy atom. The second kappa shape index (κ2) is 10.7. The number of carbonyl (C=O) groups is 1. The van der Waals surface area contributed by atoms with Crippen LogP contribution in [0.2, 0.25) is 0 Å². The van der Waals surface area contributed by atoms with E-state index in [2.05, 4.69) is 38.8 Å². The third-order valence-electron chi connectivity index (χ3n) is 4.43. The maximum absolute atomic E-state index is 12.1. The molecule has 6 heteroatoms. The van der Waals surface area contributed by atoms with E-state index in [0.29, 0.717) is 5.96 Å². The van der Waals surface area contributed by atoms with E-state index in [4.69, 9.17) is 0 Å². The standard InChI is InChI=1S/C19H31N5O/c1-3-16-8-7-9-17(14-16)23-18(25)15-22-19(20-2)21-10-13-24-11-5-4-6-12-24/h7-9,14H,3-6,10-13,15H2,1-2H3,(H,23,25)(H2,20,21,22). The quantitative estimate of drug-likeness (QED) is 0.521. The van der Waals surface area contributed by atoms with Crippen LogP contribution in [-0.4, -0.2) is 56.5 Å². The van der Waals surface area contributed by atoms with Crippen LogP contribution in [0.3, 0.4) is 0 Å². The zero-order chi connectivity index (χ0) is 17.9. The molecule has 1 aromatic rings. The number of guanidine groups is 1. The minimum atomic E-state index is -0.0766. The van der Waals surface area contributed by atoms with E-state index in [-0.39, 0.29) is 12.5 Å². The van der Waals surface area contributed by atoms with Crippen LogP contribution in [0.15, 0.2) is 29.3 Å². The molecule has 3 N–H and O–H groups in total. The van der Waals surface area contributed by atoms with Crippen LogP contribution in [0.4, 0.5) is 5.69 Å². The maximum Gasteiger partial charge on any atom is 0.243 e. The van der Waals surface area contributed by atoms with Crippen LogP contribution in [0.1, 0.15) is 31.7 Å². The van der Waals surface area contributed by atoms with Crippen LogP contribution in [0.5, 0.6) is 0 Å². The summed E-state index contributed by atoms with van der Waals surface area (Å²) in [5.74, 6) is 0.585. The summed E-state index contributed by atoms with van der Waals surface area (Å²) in [6.45, 7) is 6.51. The topological polar surface area (TPSA) is 68.8 Å². The van der Waals surface area contributed by atoms with Gasteiger partial charge >= 0.3 is 0 Å². The van der Waals surface area contributed by atoms with Crippen LogP contribution in [-0.2, 0) is 11.2 Å². The van der Waals surface area contributed by atoms with Gasteiger partial charge in [0.25, 0.3) is 0 Å². The van der Waals surface area contributed by atoms with Crippen molar-refractivity contribution < 1.29 is 4.79 Å². The number of rotatable bonds is 7. The lowest BCUT2D eigenvalue weighted by Crippen LogP contribution is -2.44. The Kier molecular flexibility index (Phi) is 8.25. The van der Waals surface area contributed by atoms with Crippen molar-refractivity contribution in [3.05, 3.63) is 29.8 Å². The van der Waals surface area contributed by atoms with Crippen molar-refractivity contribution in [2.24, 2.45) is 4.99 Å². The first-order valence-corrected chi connectivity index (χ1v) is 9.27. The number of hydrogen-bond donors (Lipinski definition) is 3. The summed E-state index contributed by atoms with van der Waals surface area (Å²) in [4.78, 5) is 18.7. The normalized spacial score (nSPS) is 15.7. The van der Waals surface area contributed by atoms with Gasteiger partial charge in [0.05, 0.1) is 6.54 Å². The van der Waals surface area contributed by atoms with Gasteiger partial charge in [-0.2, -0.15) is 0 Å². The van der Waals surface area contributed by atoms with Gasteiger partial charge in [0.2, 0.25) is 5.91 Å². The third kappa shape index (κ3) is 7.13. The van der Waals surface area contributed by atoms with Crippen LogP contribution >= 0.6 is 0 Å². The van der Waals surface area contributed by atoms with Crippen LogP contribution < -0.4 is 16.0 Å². The van der Waals surface area contributed by atoms with Crippen molar-refractivity contribution in [3.8, 4) is 0 Å². The summed E-state index contributed by atoms with van der Waals surface area (Å²) in [6.07, 6.45) is 4.90. The Balaban J connectivity index is 1.67. The number of aliphatic imine (C=N–C) groups is 1. The zero-order valence-corrected chi connectivity index (χ0v) is 15.5. The number of anilines is 1. The first-order valence-electron chi connectivity index (χ1n) is 9.27. The summed E-state index contributed by atoms with van der Waals surface area (Å²) in [7, 11) is 1.72. The average Bonchev–Trinajstić information content (AvgIpc) is 2.65. The molecule has 0 spiro atoms. The highest BCUT2D eigenvalue weighted by Crippen LogP contribution is 2.10. The molecule has 0 bridgehead atoms. The fraction of sp³-hybridized carbons (Fsp3) is 0.579. The Morgan fingerprint density at radius 3 is 2.72 bits per heavy atom. The van der Waals surface area contributed by atoms with E-state index in [1.54, 1.807) is 7.05 Å². The number of benzene rings is 1. The highest BCUT2D eigenvalue weighted by atomic mass is 16.1. The summed E-state index contributed by atoms with van der Waals surface area (Å²) in [5.41, 5.74) is 2.04. The van der Waals surface area contributed by atoms with Crippen molar-refractivity contribution in [1.29, 1.82) is 0 Å². The van der Waals surface area contributed by atoms with Gasteiger partial charge in [-0.25, -0.2) is 0 Å². The number of nitrogens with one attached hydrogen (secondary N) is 3. The zero-order valence-electron chi connectivity index (χ0n) is 15.5. The number of aryl methyl sites for hydroxylation is 1. The average molecular weight is 345 g/mol. The first-order chi connectivity index (χ1) is 12.2. The minimum Gasteiger partial charge on any atom is -0.355 e. The predicted octanol–water partition coefficient (Wildman–Crippen LogP) is 1.84. The Labute approximate surface area is 151 Å². The number of likely N-dealkylation sites (tertiary alicyclic amines) is 1. The molecule has 0 radical (unpaired) electrons. The summed E-state index contributed by atoms with van der Waals surface area (Å²) in [6, 6.07) is 7.93. The number of piperidine rings is 1. The van der Waals surface area contributed by atoms with Crippen molar-refractivity contribution >= 4 is 17.6 Å². The second-order valence-corrected chi connectivity index (χ2v) is 6.36. The molecule has 0 aromatic heterocycles. The maximum atomic E-state index is 12.1. The lowest BCUT2D eigenvalue weighted by molar-refractivity contribution is -0.115. The number of amides is 1. The molecule has 138 valence electrons. The SMILES string of the molecule is CCc1cccc(NC(=O)CNC(=NC)NCCN2CCCCC2)c1. The third-order valence-corrected chi connectivity index (χ3v) is 4.43. The monoisotopic (exact) mass is 345 g/mol. The molecule has 0 saturated carbocycles. The Hall–Kier alpha value is -2.08. The van der Waals surface area contributed by atoms with E-state index >= 15 is 0 Å². The van der Waals surface area contributed by atoms with Gasteiger partial charge in [-0.05, 0) is 50.0 Å². The van der Waals surface area contributed by atoms with Gasteiger partial charge in [0, 0.05) is 25.8 Å². The van der Waals surface area contributed by atoms with Gasteiger partial charge in [0.15, 0.2) is 5.96 Å². The van der Waals surface area contributed by atoms with Gasteiger partial charge in [-0.3, -0.25) is 9.79 Å². The van der Waals surface area contributed by atoms with Crippen molar-refractivity contribution in [1.82, 2.24) is 15.5 Å². The first kappa shape index (κ1) is 19.2. The highest BCUT2D eigenvalue weighted by molar-refractivity contribution is 5.95. The largest absolute Gasteiger partial charge is 0.355 e. The molecule has 0 atom stereocenters. The van der Waals surface area contributed by atoms with E-state index in [1.807, 2.05) is 18.2 Å². The molecule has 1 saturated heterocycles. The molecule has 6 nitrogen and oxygen atoms in total. The van der Waals surface area contributed by atoms with E-state index in [0.717, 1.165) is 25.2 Å².